The van der Waals surface area contributed by atoms with Crippen molar-refractivity contribution in [3.8, 4) is 0 Å². The van der Waals surface area contributed by atoms with Gasteiger partial charge in [0.15, 0.2) is 6.29 Å². The summed E-state index contributed by atoms with van der Waals surface area (Å²) in [6, 6.07) is 0. The maximum Gasteiger partial charge on any atom is 0.407 e. The smallest absolute Gasteiger partial charge is 0.407 e. The predicted octanol–water partition coefficient (Wildman–Crippen LogP) is 14.8. The van der Waals surface area contributed by atoms with Gasteiger partial charge in [-0.3, -0.25) is 14.4 Å². The highest BCUT2D eigenvalue weighted by atomic mass is 16.7. The SMILES string of the molecule is CCCCC/C=C\C/C=C\CCCCCCCC(=O)OCC(COC(=O)CCC(CCCCCC)OC(=O)NCCN1CCCC1)COC(=O)CCC(OCCCCCCCC)OCCCCCCCC. The van der Waals surface area contributed by atoms with Crippen LogP contribution in [0.4, 0.5) is 4.79 Å². The molecule has 0 radical (unpaired) electrons. The van der Waals surface area contributed by atoms with E-state index < -0.39 is 36.3 Å². The summed E-state index contributed by atoms with van der Waals surface area (Å²) in [4.78, 5) is 54.3. The molecule has 2 atom stereocenters. The number of nitrogens with zero attached hydrogens (tertiary/aromatic N) is 1. The molecule has 0 aromatic rings. The average Bonchev–Trinajstić information content (AvgIpc) is 3.89. The Kier molecular flexibility index (Phi) is 47.0. The Labute approximate surface area is 434 Å². The summed E-state index contributed by atoms with van der Waals surface area (Å²) in [7, 11) is 0. The normalized spacial score (nSPS) is 13.9. The number of nitrogens with one attached hydrogen (secondary N) is 1. The first-order valence-corrected chi connectivity index (χ1v) is 29.5. The van der Waals surface area contributed by atoms with Crippen LogP contribution in [-0.2, 0) is 42.8 Å². The van der Waals surface area contributed by atoms with Gasteiger partial charge in [0, 0.05) is 45.6 Å². The lowest BCUT2D eigenvalue weighted by Gasteiger charge is -2.21. The Balaban J connectivity index is 2.73. The van der Waals surface area contributed by atoms with Crippen molar-refractivity contribution in [1.82, 2.24) is 10.2 Å². The average molecular weight is 1010 g/mol. The number of esters is 3. The topological polar surface area (TPSA) is 139 Å². The first-order chi connectivity index (χ1) is 34.8. The van der Waals surface area contributed by atoms with Crippen LogP contribution in [0.5, 0.6) is 0 Å². The Bertz CT molecular complexity index is 1290. The number of unbranched alkanes of at least 4 members (excludes halogenated alkanes) is 21. The van der Waals surface area contributed by atoms with E-state index >= 15 is 0 Å². The molecule has 1 saturated heterocycles. The van der Waals surface area contributed by atoms with Gasteiger partial charge in [0.2, 0.25) is 0 Å². The number of alkyl carbamates (subject to hydrolysis) is 1. The van der Waals surface area contributed by atoms with E-state index in [0.29, 0.717) is 45.4 Å². The van der Waals surface area contributed by atoms with Crippen molar-refractivity contribution in [3.63, 3.8) is 0 Å². The predicted molar refractivity (Wildman–Crippen MR) is 289 cm³/mol. The molecule has 0 saturated carbocycles. The van der Waals surface area contributed by atoms with Gasteiger partial charge in [-0.25, -0.2) is 4.79 Å². The highest BCUT2D eigenvalue weighted by molar-refractivity contribution is 5.70. The van der Waals surface area contributed by atoms with Crippen LogP contribution in [0.1, 0.15) is 252 Å². The number of hydrogen-bond acceptors (Lipinski definition) is 11. The number of hydrogen-bond donors (Lipinski definition) is 1. The fourth-order valence-corrected chi connectivity index (χ4v) is 8.57. The van der Waals surface area contributed by atoms with E-state index in [1.807, 2.05) is 0 Å². The van der Waals surface area contributed by atoms with Crippen molar-refractivity contribution in [2.45, 2.75) is 265 Å². The zero-order chi connectivity index (χ0) is 51.5. The first kappa shape index (κ1) is 66.1. The molecule has 0 aliphatic carbocycles. The van der Waals surface area contributed by atoms with Crippen LogP contribution in [-0.4, -0.2) is 101 Å². The van der Waals surface area contributed by atoms with Crippen molar-refractivity contribution in [1.29, 1.82) is 0 Å². The van der Waals surface area contributed by atoms with Gasteiger partial charge < -0.3 is 38.6 Å². The highest BCUT2D eigenvalue weighted by Crippen LogP contribution is 2.17. The second-order valence-corrected chi connectivity index (χ2v) is 20.0. The second kappa shape index (κ2) is 50.6. The molecule has 2 unspecified atom stereocenters. The van der Waals surface area contributed by atoms with E-state index in [4.69, 9.17) is 28.4 Å². The zero-order valence-corrected chi connectivity index (χ0v) is 46.2. The maximum atomic E-state index is 13.2. The Hall–Kier alpha value is -2.96. The summed E-state index contributed by atoms with van der Waals surface area (Å²) in [6.07, 6.45) is 42.2. The Morgan fingerprint density at radius 2 is 0.944 bits per heavy atom. The second-order valence-electron chi connectivity index (χ2n) is 20.0. The quantitative estimate of drug-likeness (QED) is 0.0205. The van der Waals surface area contributed by atoms with E-state index in [0.717, 1.165) is 116 Å². The molecule has 1 fully saturated rings. The maximum absolute atomic E-state index is 13.2. The fourth-order valence-electron chi connectivity index (χ4n) is 8.57. The van der Waals surface area contributed by atoms with Gasteiger partial charge in [-0.2, -0.15) is 0 Å². The lowest BCUT2D eigenvalue weighted by Crippen LogP contribution is -2.35. The molecule has 0 bridgehead atoms. The van der Waals surface area contributed by atoms with Crippen LogP contribution in [0.15, 0.2) is 24.3 Å². The molecule has 1 heterocycles. The van der Waals surface area contributed by atoms with Crippen molar-refractivity contribution in [2.24, 2.45) is 5.92 Å². The Morgan fingerprint density at radius 1 is 0.493 bits per heavy atom. The summed E-state index contributed by atoms with van der Waals surface area (Å²) >= 11 is 0. The van der Waals surface area contributed by atoms with Gasteiger partial charge in [0.1, 0.15) is 25.9 Å². The van der Waals surface area contributed by atoms with Crippen LogP contribution in [0.2, 0.25) is 0 Å². The molecule has 1 aliphatic heterocycles. The molecule has 71 heavy (non-hydrogen) atoms. The van der Waals surface area contributed by atoms with E-state index in [9.17, 15) is 19.2 Å². The molecule has 12 heteroatoms. The highest BCUT2D eigenvalue weighted by Gasteiger charge is 2.22. The number of likely N-dealkylation sites (tertiary alicyclic amines) is 1. The third kappa shape index (κ3) is 44.3. The molecular formula is C59H108N2O10. The van der Waals surface area contributed by atoms with Gasteiger partial charge in [-0.1, -0.05) is 168 Å². The van der Waals surface area contributed by atoms with Crippen molar-refractivity contribution in [3.05, 3.63) is 24.3 Å². The minimum absolute atomic E-state index is 0.0359. The third-order valence-electron chi connectivity index (χ3n) is 13.2. The van der Waals surface area contributed by atoms with Gasteiger partial charge in [0.05, 0.1) is 12.3 Å². The molecule has 1 rings (SSSR count). The van der Waals surface area contributed by atoms with Gasteiger partial charge in [-0.05, 0) is 96.6 Å². The summed E-state index contributed by atoms with van der Waals surface area (Å²) in [5, 5.41) is 2.89. The van der Waals surface area contributed by atoms with E-state index in [1.54, 1.807) is 0 Å². The monoisotopic (exact) mass is 1000 g/mol. The van der Waals surface area contributed by atoms with Gasteiger partial charge in [0.25, 0.3) is 0 Å². The van der Waals surface area contributed by atoms with Crippen LogP contribution in [0.25, 0.3) is 0 Å². The lowest BCUT2D eigenvalue weighted by molar-refractivity contribution is -0.162. The largest absolute Gasteiger partial charge is 0.465 e. The molecular weight excluding hydrogens is 897 g/mol. The molecule has 0 spiro atoms. The van der Waals surface area contributed by atoms with Crippen molar-refractivity contribution < 1.29 is 47.6 Å². The first-order valence-electron chi connectivity index (χ1n) is 29.5. The van der Waals surface area contributed by atoms with Gasteiger partial charge in [-0.15, -0.1) is 0 Å². The minimum Gasteiger partial charge on any atom is -0.465 e. The summed E-state index contributed by atoms with van der Waals surface area (Å²) in [5.74, 6) is -1.70. The zero-order valence-electron chi connectivity index (χ0n) is 46.2. The number of carbonyl (C=O) groups excluding carboxylic acids is 4. The fraction of sp³-hybridized carbons (Fsp3) is 0.864. The van der Waals surface area contributed by atoms with Crippen molar-refractivity contribution in [2.75, 3.05) is 59.2 Å². The molecule has 12 nitrogen and oxygen atoms in total. The van der Waals surface area contributed by atoms with E-state index in [-0.39, 0.29) is 38.6 Å². The van der Waals surface area contributed by atoms with Crippen LogP contribution in [0.3, 0.4) is 0 Å². The molecule has 0 aromatic heterocycles. The van der Waals surface area contributed by atoms with E-state index in [1.165, 1.54) is 89.9 Å². The summed E-state index contributed by atoms with van der Waals surface area (Å²) in [6.45, 7) is 13.3. The molecule has 0 aromatic carbocycles. The number of rotatable bonds is 51. The number of carbonyl (C=O) groups is 4. The van der Waals surface area contributed by atoms with Crippen LogP contribution in [0, 0.1) is 5.92 Å². The Morgan fingerprint density at radius 3 is 1.51 bits per heavy atom. The van der Waals surface area contributed by atoms with Crippen LogP contribution < -0.4 is 5.32 Å². The molecule has 1 N–H and O–H groups in total. The number of allylic oxidation sites excluding steroid dienone is 4. The lowest BCUT2D eigenvalue weighted by atomic mass is 10.1. The summed E-state index contributed by atoms with van der Waals surface area (Å²) in [5.41, 5.74) is 0. The van der Waals surface area contributed by atoms with Crippen molar-refractivity contribution >= 4 is 24.0 Å². The molecule has 414 valence electrons. The van der Waals surface area contributed by atoms with Gasteiger partial charge >= 0.3 is 24.0 Å². The minimum atomic E-state index is -0.539. The standard InChI is InChI=1S/C59H108N2O10/c1-5-9-13-17-20-21-22-23-24-25-26-27-28-29-33-39-55(62)68-50-53(51-69-56(63)41-40-54(38-32-16-12-8-4)71-59(65)60-44-47-61-45-34-35-46-61)52-70-57(64)42-43-58(66-48-36-30-18-14-10-6-2)67-49-37-31-19-15-11-7-3/h20-21,23-24,53-54,58H,5-19,22,25-52H2,1-4H3,(H,60,65)/b21-20-,24-23-. The molecule has 1 aliphatic rings. The number of ether oxygens (including phenoxy) is 6. The van der Waals surface area contributed by atoms with E-state index in [2.05, 4.69) is 62.2 Å². The van der Waals surface area contributed by atoms with Crippen LogP contribution >= 0.6 is 0 Å². The summed E-state index contributed by atoms with van der Waals surface area (Å²) < 4.78 is 35.2. The third-order valence-corrected chi connectivity index (χ3v) is 13.2. The molecule has 1 amide bonds. The number of amides is 1.